The third kappa shape index (κ3) is 30.8. The molecule has 0 aromatic heterocycles. The molecule has 0 amide bonds. The van der Waals surface area contributed by atoms with E-state index in [9.17, 15) is 63.1 Å². The second-order valence-corrected chi connectivity index (χ2v) is 20.5. The Bertz CT molecular complexity index is 1440. The molecule has 0 fully saturated rings. The van der Waals surface area contributed by atoms with E-state index in [2.05, 4.69) is 22.9 Å². The largest absolute Gasteiger partial charge is 0.524 e. The Morgan fingerprint density at radius 3 is 1.22 bits per heavy atom. The summed E-state index contributed by atoms with van der Waals surface area (Å²) in [4.78, 5) is 72.9. The van der Waals surface area contributed by atoms with E-state index in [0.29, 0.717) is 12.8 Å². The normalized spacial score (nSPS) is 19.6. The van der Waals surface area contributed by atoms with Gasteiger partial charge in [-0.2, -0.15) is 0 Å². The molecule has 1 aliphatic rings. The van der Waals surface area contributed by atoms with Crippen molar-refractivity contribution in [2.45, 2.75) is 231 Å². The van der Waals surface area contributed by atoms with Crippen LogP contribution in [0.5, 0.6) is 0 Å². The molecule has 0 saturated carbocycles. The Balaban J connectivity index is 2.74. The fourth-order valence-electron chi connectivity index (χ4n) is 7.27. The van der Waals surface area contributed by atoms with Gasteiger partial charge in [0.05, 0.1) is 6.61 Å². The molecule has 0 bridgehead atoms. The lowest BCUT2D eigenvalue weighted by atomic mass is 9.93. The van der Waals surface area contributed by atoms with Crippen molar-refractivity contribution in [3.63, 3.8) is 0 Å². The number of carbonyl (C=O) groups excluding carboxylic acids is 2. The fourth-order valence-corrected chi connectivity index (χ4v) is 9.14. The lowest BCUT2D eigenvalue weighted by molar-refractivity contribution is -0.161. The lowest BCUT2D eigenvalue weighted by Gasteiger charge is -2.37. The van der Waals surface area contributed by atoms with Gasteiger partial charge in [0.15, 0.2) is 17.6 Å². The Morgan fingerprint density at radius 2 is 0.844 bits per heavy atom. The zero-order valence-electron chi connectivity index (χ0n) is 38.2. The molecule has 0 aliphatic heterocycles. The molecule has 22 heteroatoms. The van der Waals surface area contributed by atoms with Crippen LogP contribution < -0.4 is 0 Å². The molecule has 19 nitrogen and oxygen atoms in total. The van der Waals surface area contributed by atoms with E-state index in [-0.39, 0.29) is 12.8 Å². The molecule has 378 valence electrons. The van der Waals surface area contributed by atoms with E-state index in [1.54, 1.807) is 0 Å². The number of phosphoric acid groups is 3. The van der Waals surface area contributed by atoms with Crippen molar-refractivity contribution in [3.05, 3.63) is 11.5 Å². The standard InChI is InChI=1S/C42H81O19P3/c1-3-5-7-9-11-13-15-17-18-19-21-22-24-26-28-30-35(43)56-32-34(58-36(44)31-29-27-25-23-20-16-14-12-10-8-6-4-2)33-57-64(54,55)61-40-37(45)38(46)41(59-62(48,49)50)42(39(40)47)60-63(51,52)53/h34,37-40,45-47H,3-33H2,1-2H3,(H,54,55)(H2,48,49,50)(H2,51,52,53)/t34-,37+,38-,39-,40+/m0/s1. The quantitative estimate of drug-likeness (QED) is 0.0161. The number of aliphatic hydroxyl groups excluding tert-OH is 3. The molecule has 0 heterocycles. The molecule has 64 heavy (non-hydrogen) atoms. The number of hydrogen-bond acceptors (Lipinski definition) is 14. The molecule has 0 radical (unpaired) electrons. The molecular formula is C42H81O19P3. The van der Waals surface area contributed by atoms with Crippen LogP contribution in [0.15, 0.2) is 11.5 Å². The highest BCUT2D eigenvalue weighted by Crippen LogP contribution is 2.52. The number of aliphatic hydroxyl groups is 3. The van der Waals surface area contributed by atoms with Gasteiger partial charge in [0.1, 0.15) is 31.0 Å². The highest BCUT2D eigenvalue weighted by atomic mass is 31.2. The van der Waals surface area contributed by atoms with Gasteiger partial charge in [0.25, 0.3) is 0 Å². The van der Waals surface area contributed by atoms with Gasteiger partial charge in [0, 0.05) is 12.8 Å². The molecular weight excluding hydrogens is 901 g/mol. The SMILES string of the molecule is CCCCCCCCCCCCCCCCCC(=O)OC[C@@H](COP(=O)(O)O[C@@H]1[C@H](O)[C@H](O)C(OP(=O)(O)O)=C(OP(=O)(O)O)[C@H]1O)OC(=O)CCCCCCCCCCCCCC. The third-order valence-corrected chi connectivity index (χ3v) is 12.7. The Kier molecular flexibility index (Phi) is 32.9. The van der Waals surface area contributed by atoms with E-state index in [1.165, 1.54) is 103 Å². The van der Waals surface area contributed by atoms with Crippen molar-refractivity contribution in [3.8, 4) is 0 Å². The van der Waals surface area contributed by atoms with E-state index in [1.807, 2.05) is 0 Å². The monoisotopic (exact) mass is 982 g/mol. The van der Waals surface area contributed by atoms with E-state index < -0.39 is 90.7 Å². The second-order valence-electron chi connectivity index (χ2n) is 16.7. The fraction of sp³-hybridized carbons (Fsp3) is 0.905. The van der Waals surface area contributed by atoms with Crippen molar-refractivity contribution >= 4 is 35.4 Å². The van der Waals surface area contributed by atoms with Crippen LogP contribution in [-0.2, 0) is 50.9 Å². The van der Waals surface area contributed by atoms with Gasteiger partial charge in [-0.3, -0.25) is 38.2 Å². The van der Waals surface area contributed by atoms with Gasteiger partial charge in [0.2, 0.25) is 0 Å². The number of unbranched alkanes of at least 4 members (excludes halogenated alkanes) is 25. The number of rotatable bonds is 41. The number of ether oxygens (including phenoxy) is 2. The topological polar surface area (TPSA) is 303 Å². The van der Waals surface area contributed by atoms with Crippen LogP contribution in [-0.4, -0.2) is 95.5 Å². The molecule has 8 N–H and O–H groups in total. The third-order valence-electron chi connectivity index (χ3n) is 10.8. The van der Waals surface area contributed by atoms with Gasteiger partial charge in [-0.1, -0.05) is 174 Å². The first-order valence-electron chi connectivity index (χ1n) is 23.6. The van der Waals surface area contributed by atoms with Crippen LogP contribution in [0.2, 0.25) is 0 Å². The van der Waals surface area contributed by atoms with Crippen molar-refractivity contribution in [1.29, 1.82) is 0 Å². The van der Waals surface area contributed by atoms with Crippen LogP contribution in [0.1, 0.15) is 200 Å². The minimum Gasteiger partial charge on any atom is -0.462 e. The minimum atomic E-state index is -5.65. The van der Waals surface area contributed by atoms with Crippen molar-refractivity contribution in [1.82, 2.24) is 0 Å². The molecule has 6 atom stereocenters. The van der Waals surface area contributed by atoms with Gasteiger partial charge in [-0.15, -0.1) is 0 Å². The maximum Gasteiger partial charge on any atom is 0.524 e. The van der Waals surface area contributed by atoms with Crippen LogP contribution >= 0.6 is 23.5 Å². The summed E-state index contributed by atoms with van der Waals surface area (Å²) in [5.41, 5.74) is 0. The molecule has 1 unspecified atom stereocenters. The van der Waals surface area contributed by atoms with Crippen LogP contribution in [0.3, 0.4) is 0 Å². The van der Waals surface area contributed by atoms with Crippen LogP contribution in [0.25, 0.3) is 0 Å². The van der Waals surface area contributed by atoms with Gasteiger partial charge in [-0.25, -0.2) is 13.7 Å². The summed E-state index contributed by atoms with van der Waals surface area (Å²) < 4.78 is 65.0. The zero-order valence-corrected chi connectivity index (χ0v) is 40.9. The molecule has 1 rings (SSSR count). The average Bonchev–Trinajstić information content (AvgIpc) is 3.22. The molecule has 0 saturated heterocycles. The molecule has 0 aromatic rings. The highest BCUT2D eigenvalue weighted by Gasteiger charge is 2.51. The summed E-state index contributed by atoms with van der Waals surface area (Å²) in [6.07, 6.45) is 18.7. The summed E-state index contributed by atoms with van der Waals surface area (Å²) in [5.74, 6) is -4.31. The number of carbonyl (C=O) groups is 2. The van der Waals surface area contributed by atoms with Crippen molar-refractivity contribution in [2.75, 3.05) is 13.2 Å². The molecule has 0 aromatic carbocycles. The lowest BCUT2D eigenvalue weighted by Crippen LogP contribution is -2.52. The van der Waals surface area contributed by atoms with E-state index >= 15 is 0 Å². The first-order chi connectivity index (χ1) is 30.3. The van der Waals surface area contributed by atoms with Crippen molar-refractivity contribution < 1.29 is 90.6 Å². The Labute approximate surface area is 380 Å². The smallest absolute Gasteiger partial charge is 0.462 e. The molecule has 0 spiro atoms. The Hall–Kier alpha value is -1.43. The van der Waals surface area contributed by atoms with Gasteiger partial charge in [-0.05, 0) is 12.8 Å². The second kappa shape index (κ2) is 34.8. The summed E-state index contributed by atoms with van der Waals surface area (Å²) in [5, 5.41) is 31.7. The predicted octanol–water partition coefficient (Wildman–Crippen LogP) is 8.82. The maximum absolute atomic E-state index is 13.1. The van der Waals surface area contributed by atoms with Gasteiger partial charge < -0.3 is 38.7 Å². The number of hydrogen-bond donors (Lipinski definition) is 8. The number of esters is 2. The summed E-state index contributed by atoms with van der Waals surface area (Å²) in [6, 6.07) is 0. The predicted molar refractivity (Wildman–Crippen MR) is 238 cm³/mol. The number of phosphoric ester groups is 3. The summed E-state index contributed by atoms with van der Waals surface area (Å²) >= 11 is 0. The highest BCUT2D eigenvalue weighted by molar-refractivity contribution is 7.47. The van der Waals surface area contributed by atoms with E-state index in [4.69, 9.17) is 18.5 Å². The van der Waals surface area contributed by atoms with Crippen LogP contribution in [0.4, 0.5) is 0 Å². The minimum absolute atomic E-state index is 0.000328. The average molecular weight is 983 g/mol. The summed E-state index contributed by atoms with van der Waals surface area (Å²) in [7, 11) is -16.7. The zero-order chi connectivity index (χ0) is 47.9. The van der Waals surface area contributed by atoms with Crippen molar-refractivity contribution in [2.24, 2.45) is 0 Å². The van der Waals surface area contributed by atoms with E-state index in [0.717, 1.165) is 57.8 Å². The first kappa shape index (κ1) is 60.6. The van der Waals surface area contributed by atoms with Gasteiger partial charge >= 0.3 is 35.4 Å². The first-order valence-corrected chi connectivity index (χ1v) is 28.1. The summed E-state index contributed by atoms with van der Waals surface area (Å²) in [6.45, 7) is 2.93. The Morgan fingerprint density at radius 1 is 0.500 bits per heavy atom. The maximum atomic E-state index is 13.1. The van der Waals surface area contributed by atoms with Crippen LogP contribution in [0, 0.1) is 0 Å². The molecule has 1 aliphatic carbocycles.